The van der Waals surface area contributed by atoms with Gasteiger partial charge in [-0.1, -0.05) is 0 Å². The first-order chi connectivity index (χ1) is 12.6. The molecule has 0 unspecified atom stereocenters. The highest BCUT2D eigenvalue weighted by molar-refractivity contribution is 5.94. The Hall–Kier alpha value is -3.28. The average molecular weight is 347 g/mol. The first-order valence-corrected chi connectivity index (χ1v) is 8.43. The maximum atomic E-state index is 11.3. The first-order valence-electron chi connectivity index (χ1n) is 8.43. The summed E-state index contributed by atoms with van der Waals surface area (Å²) < 4.78 is 0. The lowest BCUT2D eigenvalue weighted by Crippen LogP contribution is -2.21. The summed E-state index contributed by atoms with van der Waals surface area (Å²) in [6, 6.07) is 13.2. The molecule has 0 fully saturated rings. The second-order valence-electron chi connectivity index (χ2n) is 6.02. The highest BCUT2D eigenvalue weighted by atomic mass is 16.1. The molecule has 6 nitrogen and oxygen atoms in total. The fraction of sp³-hybridized carbons (Fsp3) is 0.200. The smallest absolute Gasteiger partial charge is 0.229 e. The number of pyridine rings is 1. The molecule has 0 radical (unpaired) electrons. The molecule has 3 aromatic rings. The molecular formula is C20H21N5O. The van der Waals surface area contributed by atoms with Crippen LogP contribution in [-0.2, 0) is 6.42 Å². The van der Waals surface area contributed by atoms with Crippen LogP contribution in [0, 0.1) is 0 Å². The van der Waals surface area contributed by atoms with Gasteiger partial charge in [0, 0.05) is 43.4 Å². The largest absolute Gasteiger partial charge is 0.359 e. The highest BCUT2D eigenvalue weighted by Gasteiger charge is 2.06. The number of benzene rings is 1. The first kappa shape index (κ1) is 17.5. The van der Waals surface area contributed by atoms with E-state index < -0.39 is 0 Å². The van der Waals surface area contributed by atoms with Crippen molar-refractivity contribution in [3.8, 4) is 0 Å². The zero-order chi connectivity index (χ0) is 18.4. The lowest BCUT2D eigenvalue weighted by Gasteiger charge is -2.18. The van der Waals surface area contributed by atoms with Crippen LogP contribution in [0.5, 0.6) is 0 Å². The molecule has 2 heterocycles. The van der Waals surface area contributed by atoms with E-state index in [0.29, 0.717) is 11.5 Å². The summed E-state index contributed by atoms with van der Waals surface area (Å²) in [7, 11) is 2.01. The highest BCUT2D eigenvalue weighted by Crippen LogP contribution is 2.17. The summed E-state index contributed by atoms with van der Waals surface area (Å²) in [4.78, 5) is 26.3. The van der Waals surface area contributed by atoms with Crippen molar-refractivity contribution in [1.29, 1.82) is 0 Å². The van der Waals surface area contributed by atoms with E-state index in [4.69, 9.17) is 0 Å². The summed E-state index contributed by atoms with van der Waals surface area (Å²) in [5.74, 6) is 1.41. The molecule has 0 bridgehead atoms. The van der Waals surface area contributed by atoms with Gasteiger partial charge in [-0.15, -0.1) is 0 Å². The number of hydrogen-bond donors (Lipinski definition) is 1. The molecule has 2 aromatic heterocycles. The molecule has 1 aromatic carbocycles. The van der Waals surface area contributed by atoms with Gasteiger partial charge in [0.2, 0.25) is 5.95 Å². The third-order valence-electron chi connectivity index (χ3n) is 4.06. The van der Waals surface area contributed by atoms with E-state index in [-0.39, 0.29) is 5.78 Å². The van der Waals surface area contributed by atoms with Crippen LogP contribution in [0.4, 0.5) is 17.5 Å². The Balaban J connectivity index is 1.64. The number of rotatable bonds is 7. The Bertz CT molecular complexity index is 865. The molecule has 0 aliphatic heterocycles. The Morgan fingerprint density at radius 3 is 2.46 bits per heavy atom. The number of carbonyl (C=O) groups is 1. The number of carbonyl (C=O) groups excluding carboxylic acids is 1. The van der Waals surface area contributed by atoms with Crippen molar-refractivity contribution in [2.24, 2.45) is 0 Å². The van der Waals surface area contributed by atoms with Crippen molar-refractivity contribution in [3.05, 3.63) is 72.2 Å². The van der Waals surface area contributed by atoms with E-state index in [0.717, 1.165) is 24.5 Å². The molecule has 0 saturated heterocycles. The quantitative estimate of drug-likeness (QED) is 0.660. The molecule has 0 atom stereocenters. The van der Waals surface area contributed by atoms with Crippen LogP contribution < -0.4 is 10.2 Å². The fourth-order valence-corrected chi connectivity index (χ4v) is 2.50. The molecule has 132 valence electrons. The van der Waals surface area contributed by atoms with Gasteiger partial charge < -0.3 is 10.2 Å². The molecule has 0 amide bonds. The van der Waals surface area contributed by atoms with Crippen LogP contribution in [0.1, 0.15) is 22.8 Å². The van der Waals surface area contributed by atoms with E-state index in [9.17, 15) is 4.79 Å². The topological polar surface area (TPSA) is 71.0 Å². The zero-order valence-electron chi connectivity index (χ0n) is 14.9. The molecule has 0 saturated carbocycles. The summed E-state index contributed by atoms with van der Waals surface area (Å²) in [5, 5.41) is 3.17. The van der Waals surface area contributed by atoms with Crippen LogP contribution in [0.25, 0.3) is 0 Å². The number of hydrogen-bond acceptors (Lipinski definition) is 6. The lowest BCUT2D eigenvalue weighted by atomic mass is 10.1. The third-order valence-corrected chi connectivity index (χ3v) is 4.06. The van der Waals surface area contributed by atoms with Crippen molar-refractivity contribution in [2.75, 3.05) is 23.8 Å². The maximum absolute atomic E-state index is 11.3. The summed E-state index contributed by atoms with van der Waals surface area (Å²) in [6.07, 6.45) is 6.26. The van der Waals surface area contributed by atoms with Crippen LogP contribution in [0.2, 0.25) is 0 Å². The standard InChI is InChI=1S/C20H21N5O/c1-15(26)17-3-5-18(6-4-17)23-20-22-13-9-19(24-20)25(2)14-10-16-7-11-21-12-8-16/h3-9,11-13H,10,14H2,1-2H3,(H,22,23,24). The predicted molar refractivity (Wildman–Crippen MR) is 103 cm³/mol. The van der Waals surface area contributed by atoms with E-state index in [1.807, 2.05) is 37.4 Å². The van der Waals surface area contributed by atoms with Crippen molar-refractivity contribution >= 4 is 23.2 Å². The van der Waals surface area contributed by atoms with Gasteiger partial charge in [-0.2, -0.15) is 4.98 Å². The third kappa shape index (κ3) is 4.63. The monoisotopic (exact) mass is 347 g/mol. The maximum Gasteiger partial charge on any atom is 0.229 e. The van der Waals surface area contributed by atoms with Gasteiger partial charge >= 0.3 is 0 Å². The van der Waals surface area contributed by atoms with Crippen molar-refractivity contribution in [2.45, 2.75) is 13.3 Å². The van der Waals surface area contributed by atoms with Gasteiger partial charge in [0.15, 0.2) is 5.78 Å². The number of aromatic nitrogens is 3. The average Bonchev–Trinajstić information content (AvgIpc) is 2.67. The summed E-state index contributed by atoms with van der Waals surface area (Å²) in [5.41, 5.74) is 2.76. The van der Waals surface area contributed by atoms with Crippen molar-refractivity contribution in [1.82, 2.24) is 15.0 Å². The van der Waals surface area contributed by atoms with Gasteiger partial charge in [0.1, 0.15) is 5.82 Å². The molecule has 26 heavy (non-hydrogen) atoms. The van der Waals surface area contributed by atoms with E-state index in [2.05, 4.69) is 25.2 Å². The normalized spacial score (nSPS) is 10.4. The number of ketones is 1. The molecule has 0 aliphatic carbocycles. The summed E-state index contributed by atoms with van der Waals surface area (Å²) >= 11 is 0. The van der Waals surface area contributed by atoms with Crippen LogP contribution in [-0.4, -0.2) is 34.3 Å². The van der Waals surface area contributed by atoms with Crippen LogP contribution in [0.15, 0.2) is 61.1 Å². The van der Waals surface area contributed by atoms with E-state index in [1.54, 1.807) is 37.6 Å². The van der Waals surface area contributed by atoms with Crippen molar-refractivity contribution in [3.63, 3.8) is 0 Å². The minimum Gasteiger partial charge on any atom is -0.359 e. The number of anilines is 3. The number of nitrogens with zero attached hydrogens (tertiary/aromatic N) is 4. The summed E-state index contributed by atoms with van der Waals surface area (Å²) in [6.45, 7) is 2.39. The Morgan fingerprint density at radius 1 is 1.04 bits per heavy atom. The van der Waals surface area contributed by atoms with E-state index in [1.165, 1.54) is 5.56 Å². The second-order valence-corrected chi connectivity index (χ2v) is 6.02. The van der Waals surface area contributed by atoms with Crippen LogP contribution in [0.3, 0.4) is 0 Å². The molecule has 0 spiro atoms. The van der Waals surface area contributed by atoms with Crippen LogP contribution >= 0.6 is 0 Å². The van der Waals surface area contributed by atoms with Gasteiger partial charge in [-0.25, -0.2) is 4.98 Å². The van der Waals surface area contributed by atoms with Gasteiger partial charge in [0.05, 0.1) is 0 Å². The van der Waals surface area contributed by atoms with E-state index >= 15 is 0 Å². The molecular weight excluding hydrogens is 326 g/mol. The Morgan fingerprint density at radius 2 is 1.77 bits per heavy atom. The van der Waals surface area contributed by atoms with Gasteiger partial charge in [0.25, 0.3) is 0 Å². The Kier molecular flexibility index (Phi) is 5.53. The Labute approximate surface area is 153 Å². The minimum atomic E-state index is 0.0469. The zero-order valence-corrected chi connectivity index (χ0v) is 14.9. The number of Topliss-reactive ketones (excluding diaryl/α,β-unsaturated/α-hetero) is 1. The van der Waals surface area contributed by atoms with Gasteiger partial charge in [-0.05, 0) is 61.4 Å². The fourth-order valence-electron chi connectivity index (χ4n) is 2.50. The van der Waals surface area contributed by atoms with Gasteiger partial charge in [-0.3, -0.25) is 9.78 Å². The predicted octanol–water partition coefficient (Wildman–Crippen LogP) is 3.50. The molecule has 0 aliphatic rings. The minimum absolute atomic E-state index is 0.0469. The SMILES string of the molecule is CC(=O)c1ccc(Nc2nccc(N(C)CCc3ccncc3)n2)cc1. The lowest BCUT2D eigenvalue weighted by molar-refractivity contribution is 0.101. The molecule has 3 rings (SSSR count). The van der Waals surface area contributed by atoms with Crippen molar-refractivity contribution < 1.29 is 4.79 Å². The molecule has 1 N–H and O–H groups in total. The second kappa shape index (κ2) is 8.20. The number of likely N-dealkylation sites (N-methyl/N-ethyl adjacent to an activating group) is 1. The number of nitrogens with one attached hydrogen (secondary N) is 1. The molecule has 6 heteroatoms.